The van der Waals surface area contributed by atoms with Crippen molar-refractivity contribution < 1.29 is 17.9 Å². The van der Waals surface area contributed by atoms with Crippen molar-refractivity contribution in [2.75, 3.05) is 31.6 Å². The molecule has 2 aromatic rings. The van der Waals surface area contributed by atoms with Crippen molar-refractivity contribution in [3.63, 3.8) is 0 Å². The molecular formula is C28H43N3O4S. The topological polar surface area (TPSA) is 92.9 Å². The SMILES string of the molecule is CCCCCCN(C)C(=O)c1cc(N(CCCC)CCCC)c(Oc2ccccc2)c(S(N)(=O)=O)c1. The molecule has 0 aromatic heterocycles. The number of sulfonamides is 1. The van der Waals surface area contributed by atoms with E-state index >= 15 is 0 Å². The van der Waals surface area contributed by atoms with E-state index in [1.54, 1.807) is 30.1 Å². The minimum absolute atomic E-state index is 0.165. The van der Waals surface area contributed by atoms with Crippen molar-refractivity contribution in [1.82, 2.24) is 4.90 Å². The monoisotopic (exact) mass is 517 g/mol. The van der Waals surface area contributed by atoms with Gasteiger partial charge in [-0.1, -0.05) is 71.1 Å². The standard InChI is InChI=1S/C28H43N3O4S/c1-5-8-11-15-18-30(4)28(32)23-21-25(31(19-9-6-2)20-10-7-3)27(26(22-23)36(29,33)34)35-24-16-13-12-14-17-24/h12-14,16-17,21-22H,5-11,15,18-20H2,1-4H3,(H2,29,33,34). The molecule has 0 unspecified atom stereocenters. The first-order valence-corrected chi connectivity index (χ1v) is 14.7. The highest BCUT2D eigenvalue weighted by Gasteiger charge is 2.27. The molecule has 0 spiro atoms. The first-order chi connectivity index (χ1) is 17.2. The summed E-state index contributed by atoms with van der Waals surface area (Å²) in [6, 6.07) is 12.2. The molecule has 0 fully saturated rings. The van der Waals surface area contributed by atoms with Gasteiger partial charge in [0.15, 0.2) is 5.75 Å². The Kier molecular flexibility index (Phi) is 12.2. The Morgan fingerprint density at radius 2 is 1.47 bits per heavy atom. The fourth-order valence-corrected chi connectivity index (χ4v) is 4.71. The number of nitrogens with two attached hydrogens (primary N) is 1. The van der Waals surface area contributed by atoms with Crippen molar-refractivity contribution in [3.05, 3.63) is 48.0 Å². The van der Waals surface area contributed by atoms with E-state index in [1.165, 1.54) is 6.07 Å². The average Bonchev–Trinajstić information content (AvgIpc) is 2.86. The normalized spacial score (nSPS) is 11.4. The number of benzene rings is 2. The van der Waals surface area contributed by atoms with Gasteiger partial charge in [0.1, 0.15) is 10.6 Å². The number of para-hydroxylation sites is 1. The van der Waals surface area contributed by atoms with Crippen LogP contribution >= 0.6 is 0 Å². The predicted octanol–water partition coefficient (Wildman–Crippen LogP) is 6.19. The zero-order valence-electron chi connectivity index (χ0n) is 22.3. The molecule has 2 rings (SSSR count). The summed E-state index contributed by atoms with van der Waals surface area (Å²) in [7, 11) is -2.42. The van der Waals surface area contributed by atoms with Crippen molar-refractivity contribution in [3.8, 4) is 11.5 Å². The molecule has 0 atom stereocenters. The van der Waals surface area contributed by atoms with Crippen molar-refractivity contribution >= 4 is 21.6 Å². The Balaban J connectivity index is 2.62. The Bertz CT molecular complexity index is 1050. The van der Waals surface area contributed by atoms with Gasteiger partial charge in [0, 0.05) is 32.2 Å². The van der Waals surface area contributed by atoms with Gasteiger partial charge in [-0.25, -0.2) is 13.6 Å². The number of hydrogen-bond donors (Lipinski definition) is 1. The van der Waals surface area contributed by atoms with E-state index in [4.69, 9.17) is 9.88 Å². The van der Waals surface area contributed by atoms with E-state index < -0.39 is 10.0 Å². The van der Waals surface area contributed by atoms with Gasteiger partial charge >= 0.3 is 0 Å². The lowest BCUT2D eigenvalue weighted by molar-refractivity contribution is 0.0792. The van der Waals surface area contributed by atoms with E-state index in [-0.39, 0.29) is 16.6 Å². The summed E-state index contributed by atoms with van der Waals surface area (Å²) in [6.07, 6.45) is 8.01. The van der Waals surface area contributed by atoms with Crippen LogP contribution in [0.25, 0.3) is 0 Å². The summed E-state index contributed by atoms with van der Waals surface area (Å²) >= 11 is 0. The quantitative estimate of drug-likeness (QED) is 0.268. The molecule has 0 aliphatic carbocycles. The Labute approximate surface area is 217 Å². The molecular weight excluding hydrogens is 474 g/mol. The number of rotatable bonds is 16. The van der Waals surface area contributed by atoms with E-state index in [0.29, 0.717) is 23.5 Å². The predicted molar refractivity (Wildman–Crippen MR) is 147 cm³/mol. The highest BCUT2D eigenvalue weighted by atomic mass is 32.2. The van der Waals surface area contributed by atoms with Gasteiger partial charge in [-0.3, -0.25) is 4.79 Å². The highest BCUT2D eigenvalue weighted by Crippen LogP contribution is 2.40. The van der Waals surface area contributed by atoms with Gasteiger partial charge in [0.25, 0.3) is 5.91 Å². The smallest absolute Gasteiger partial charge is 0.253 e. The lowest BCUT2D eigenvalue weighted by Gasteiger charge is -2.29. The number of primary sulfonamides is 1. The second-order valence-corrected chi connectivity index (χ2v) is 10.8. The molecule has 0 saturated carbocycles. The molecule has 0 aliphatic heterocycles. The van der Waals surface area contributed by atoms with Gasteiger partial charge in [-0.2, -0.15) is 0 Å². The van der Waals surface area contributed by atoms with E-state index in [1.807, 2.05) is 18.2 Å². The number of amides is 1. The van der Waals surface area contributed by atoms with E-state index in [0.717, 1.165) is 64.5 Å². The number of nitrogens with zero attached hydrogens (tertiary/aromatic N) is 2. The van der Waals surface area contributed by atoms with E-state index in [2.05, 4.69) is 25.7 Å². The zero-order chi connectivity index (χ0) is 26.6. The first-order valence-electron chi connectivity index (χ1n) is 13.2. The number of unbranched alkanes of at least 4 members (excludes halogenated alkanes) is 5. The molecule has 0 aliphatic rings. The van der Waals surface area contributed by atoms with Crippen LogP contribution in [0.1, 0.15) is 82.5 Å². The van der Waals surface area contributed by atoms with Crippen molar-refractivity contribution in [2.45, 2.75) is 77.0 Å². The molecule has 200 valence electrons. The summed E-state index contributed by atoms with van der Waals surface area (Å²) < 4.78 is 31.7. The van der Waals surface area contributed by atoms with Crippen molar-refractivity contribution in [2.24, 2.45) is 5.14 Å². The average molecular weight is 518 g/mol. The lowest BCUT2D eigenvalue weighted by atomic mass is 10.1. The Morgan fingerprint density at radius 3 is 2.03 bits per heavy atom. The van der Waals surface area contributed by atoms with Crippen LogP contribution in [-0.2, 0) is 10.0 Å². The molecule has 2 aromatic carbocycles. The molecule has 0 radical (unpaired) electrons. The van der Waals surface area contributed by atoms with Gasteiger partial charge in [-0.15, -0.1) is 0 Å². The number of ether oxygens (including phenoxy) is 1. The van der Waals surface area contributed by atoms with Crippen LogP contribution < -0.4 is 14.8 Å². The third kappa shape index (κ3) is 8.82. The summed E-state index contributed by atoms with van der Waals surface area (Å²) in [5.41, 5.74) is 0.875. The highest BCUT2D eigenvalue weighted by molar-refractivity contribution is 7.89. The molecule has 8 heteroatoms. The third-order valence-corrected chi connectivity index (χ3v) is 7.07. The number of carbonyl (C=O) groups excluding carboxylic acids is 1. The van der Waals surface area contributed by atoms with Gasteiger partial charge in [-0.05, 0) is 43.5 Å². The maximum atomic E-state index is 13.4. The molecule has 0 bridgehead atoms. The second kappa shape index (κ2) is 14.9. The Morgan fingerprint density at radius 1 is 0.861 bits per heavy atom. The summed E-state index contributed by atoms with van der Waals surface area (Å²) in [5, 5.41) is 5.69. The Hall–Kier alpha value is -2.58. The molecule has 7 nitrogen and oxygen atoms in total. The minimum Gasteiger partial charge on any atom is -0.454 e. The molecule has 0 heterocycles. The second-order valence-electron chi connectivity index (χ2n) is 9.26. The summed E-state index contributed by atoms with van der Waals surface area (Å²) in [6.45, 7) is 8.42. The number of hydrogen-bond acceptors (Lipinski definition) is 5. The summed E-state index contributed by atoms with van der Waals surface area (Å²) in [5.74, 6) is 0.439. The number of carbonyl (C=O) groups is 1. The zero-order valence-corrected chi connectivity index (χ0v) is 23.1. The van der Waals surface area contributed by atoms with Crippen LogP contribution in [0.4, 0.5) is 5.69 Å². The minimum atomic E-state index is -4.18. The largest absolute Gasteiger partial charge is 0.454 e. The van der Waals surface area contributed by atoms with Gasteiger partial charge < -0.3 is 14.5 Å². The molecule has 2 N–H and O–H groups in total. The fourth-order valence-electron chi connectivity index (χ4n) is 4.01. The van der Waals surface area contributed by atoms with Crippen LogP contribution in [0.5, 0.6) is 11.5 Å². The van der Waals surface area contributed by atoms with Gasteiger partial charge in [0.2, 0.25) is 10.0 Å². The molecule has 36 heavy (non-hydrogen) atoms. The lowest BCUT2D eigenvalue weighted by Crippen LogP contribution is -2.30. The molecule has 0 saturated heterocycles. The maximum Gasteiger partial charge on any atom is 0.253 e. The van der Waals surface area contributed by atoms with Crippen LogP contribution in [0.3, 0.4) is 0 Å². The van der Waals surface area contributed by atoms with Gasteiger partial charge in [0.05, 0.1) is 5.69 Å². The first kappa shape index (κ1) is 29.6. The summed E-state index contributed by atoms with van der Waals surface area (Å²) in [4.78, 5) is 17.0. The van der Waals surface area contributed by atoms with Crippen LogP contribution in [0.15, 0.2) is 47.4 Å². The molecule has 1 amide bonds. The van der Waals surface area contributed by atoms with Crippen molar-refractivity contribution in [1.29, 1.82) is 0 Å². The van der Waals surface area contributed by atoms with Crippen LogP contribution in [0.2, 0.25) is 0 Å². The number of anilines is 1. The maximum absolute atomic E-state index is 13.4. The van der Waals surface area contributed by atoms with E-state index in [9.17, 15) is 13.2 Å². The van der Waals surface area contributed by atoms with Crippen LogP contribution in [-0.4, -0.2) is 45.9 Å². The van der Waals surface area contributed by atoms with Crippen LogP contribution in [0, 0.1) is 0 Å². The third-order valence-electron chi connectivity index (χ3n) is 6.15. The fraction of sp³-hybridized carbons (Fsp3) is 0.536.